The van der Waals surface area contributed by atoms with Crippen molar-refractivity contribution in [1.82, 2.24) is 9.21 Å². The molecule has 0 radical (unpaired) electrons. The number of benzene rings is 2. The van der Waals surface area contributed by atoms with E-state index in [1.54, 1.807) is 12.1 Å². The van der Waals surface area contributed by atoms with Crippen molar-refractivity contribution < 1.29 is 17.6 Å². The fourth-order valence-corrected chi connectivity index (χ4v) is 6.61. The Hall–Kier alpha value is -2.46. The monoisotopic (exact) mass is 574 g/mol. The lowest BCUT2D eigenvalue weighted by molar-refractivity contribution is 0.169. The van der Waals surface area contributed by atoms with Gasteiger partial charge in [0.25, 0.3) is 0 Å². The number of hydrogen-bond donors (Lipinski definition) is 0. The lowest BCUT2D eigenvalue weighted by atomic mass is 10.1. The van der Waals surface area contributed by atoms with Gasteiger partial charge in [-0.1, -0.05) is 52.2 Å². The summed E-state index contributed by atoms with van der Waals surface area (Å²) in [5, 5.41) is 0. The molecule has 0 bridgehead atoms. The zero-order chi connectivity index (χ0) is 25.9. The second-order valence-corrected chi connectivity index (χ2v) is 12.0. The Bertz CT molecular complexity index is 1380. The molecule has 9 heteroatoms. The van der Waals surface area contributed by atoms with Crippen LogP contribution in [0.5, 0.6) is 5.75 Å². The molecule has 0 saturated carbocycles. The highest BCUT2D eigenvalue weighted by Gasteiger charge is 2.30. The molecule has 7 nitrogen and oxygen atoms in total. The number of halogens is 1. The SMILES string of the molecule is CCc1cc(Br)ccc1S(=O)(=O)N1CCN(Cc2cc(=O)c(OCc3cc(C)cc(C)c3)co2)CC1. The molecule has 2 aromatic carbocycles. The van der Waals surface area contributed by atoms with E-state index in [9.17, 15) is 13.2 Å². The summed E-state index contributed by atoms with van der Waals surface area (Å²) in [4.78, 5) is 15.0. The van der Waals surface area contributed by atoms with Crippen molar-refractivity contribution in [2.24, 2.45) is 0 Å². The van der Waals surface area contributed by atoms with Gasteiger partial charge in [-0.3, -0.25) is 9.69 Å². The summed E-state index contributed by atoms with van der Waals surface area (Å²) in [6.07, 6.45) is 2.00. The van der Waals surface area contributed by atoms with Gasteiger partial charge in [0.15, 0.2) is 0 Å². The molecule has 36 heavy (non-hydrogen) atoms. The van der Waals surface area contributed by atoms with Gasteiger partial charge in [-0.25, -0.2) is 8.42 Å². The maximum absolute atomic E-state index is 13.2. The smallest absolute Gasteiger partial charge is 0.243 e. The van der Waals surface area contributed by atoms with Crippen LogP contribution in [0, 0.1) is 13.8 Å². The van der Waals surface area contributed by atoms with Crippen molar-refractivity contribution >= 4 is 26.0 Å². The normalized spacial score (nSPS) is 15.2. The second-order valence-electron chi connectivity index (χ2n) is 9.15. The van der Waals surface area contributed by atoms with Gasteiger partial charge in [0.2, 0.25) is 21.2 Å². The van der Waals surface area contributed by atoms with E-state index in [2.05, 4.69) is 26.9 Å². The van der Waals surface area contributed by atoms with Crippen molar-refractivity contribution in [2.75, 3.05) is 26.2 Å². The van der Waals surface area contributed by atoms with Gasteiger partial charge in [0, 0.05) is 36.7 Å². The number of hydrogen-bond acceptors (Lipinski definition) is 6. The molecule has 4 rings (SSSR count). The fraction of sp³-hybridized carbons (Fsp3) is 0.370. The van der Waals surface area contributed by atoms with E-state index in [-0.39, 0.29) is 11.2 Å². The van der Waals surface area contributed by atoms with Gasteiger partial charge in [0.05, 0.1) is 11.4 Å². The number of piperazine rings is 1. The highest BCUT2D eigenvalue weighted by atomic mass is 79.9. The van der Waals surface area contributed by atoms with Crippen molar-refractivity contribution in [3.8, 4) is 5.75 Å². The minimum atomic E-state index is -3.57. The zero-order valence-electron chi connectivity index (χ0n) is 20.8. The van der Waals surface area contributed by atoms with E-state index in [0.717, 1.165) is 26.7 Å². The molecular formula is C27H31BrN2O5S. The number of sulfonamides is 1. The van der Waals surface area contributed by atoms with Crippen molar-refractivity contribution in [3.63, 3.8) is 0 Å². The van der Waals surface area contributed by atoms with Gasteiger partial charge >= 0.3 is 0 Å². The highest BCUT2D eigenvalue weighted by molar-refractivity contribution is 9.10. The van der Waals surface area contributed by atoms with E-state index in [4.69, 9.17) is 9.15 Å². The first-order chi connectivity index (χ1) is 17.2. The Kier molecular flexibility index (Phi) is 8.34. The summed E-state index contributed by atoms with van der Waals surface area (Å²) in [6, 6.07) is 12.9. The maximum atomic E-state index is 13.2. The molecule has 1 aromatic heterocycles. The summed E-state index contributed by atoms with van der Waals surface area (Å²) in [5.41, 5.74) is 3.86. The molecule has 0 N–H and O–H groups in total. The van der Waals surface area contributed by atoms with E-state index >= 15 is 0 Å². The van der Waals surface area contributed by atoms with Crippen molar-refractivity contribution in [2.45, 2.75) is 45.2 Å². The van der Waals surface area contributed by atoms with Crippen LogP contribution in [-0.4, -0.2) is 43.8 Å². The summed E-state index contributed by atoms with van der Waals surface area (Å²) in [6.45, 7) is 8.58. The van der Waals surface area contributed by atoms with E-state index in [0.29, 0.717) is 56.4 Å². The summed E-state index contributed by atoms with van der Waals surface area (Å²) >= 11 is 3.42. The fourth-order valence-electron chi connectivity index (χ4n) is 4.50. The van der Waals surface area contributed by atoms with E-state index < -0.39 is 10.0 Å². The molecule has 0 amide bonds. The number of ether oxygens (including phenoxy) is 1. The van der Waals surface area contributed by atoms with Gasteiger partial charge in [-0.05, 0) is 49.6 Å². The number of aryl methyl sites for hydroxylation is 3. The van der Waals surface area contributed by atoms with Crippen LogP contribution in [0.1, 0.15) is 34.9 Å². The molecule has 1 fully saturated rings. The first-order valence-corrected chi connectivity index (χ1v) is 14.2. The molecule has 0 spiro atoms. The Morgan fingerprint density at radius 3 is 2.33 bits per heavy atom. The predicted octanol–water partition coefficient (Wildman–Crippen LogP) is 4.67. The zero-order valence-corrected chi connectivity index (χ0v) is 23.2. The minimum Gasteiger partial charge on any atom is -0.482 e. The molecule has 0 aliphatic carbocycles. The average Bonchev–Trinajstić information content (AvgIpc) is 2.83. The quantitative estimate of drug-likeness (QED) is 0.389. The maximum Gasteiger partial charge on any atom is 0.243 e. The highest BCUT2D eigenvalue weighted by Crippen LogP contribution is 2.25. The lowest BCUT2D eigenvalue weighted by Crippen LogP contribution is -2.48. The Labute approximate surface area is 220 Å². The molecular weight excluding hydrogens is 544 g/mol. The largest absolute Gasteiger partial charge is 0.482 e. The van der Waals surface area contributed by atoms with Crippen LogP contribution in [0.3, 0.4) is 0 Å². The predicted molar refractivity (Wildman–Crippen MR) is 143 cm³/mol. The summed E-state index contributed by atoms with van der Waals surface area (Å²) < 4.78 is 40.3. The summed E-state index contributed by atoms with van der Waals surface area (Å²) in [5.74, 6) is 0.700. The van der Waals surface area contributed by atoms with E-state index in [1.807, 2.05) is 39.0 Å². The molecule has 0 atom stereocenters. The Balaban J connectivity index is 1.35. The molecule has 3 aromatic rings. The summed E-state index contributed by atoms with van der Waals surface area (Å²) in [7, 11) is -3.57. The standard InChI is InChI=1S/C27H31BrN2O5S/c1-4-22-14-23(28)5-6-27(22)36(32,33)30-9-7-29(8-10-30)16-24-15-25(31)26(18-34-24)35-17-21-12-19(2)11-20(3)13-21/h5-6,11-15,18H,4,7-10,16-17H2,1-3H3. The molecule has 192 valence electrons. The molecule has 1 saturated heterocycles. The third kappa shape index (κ3) is 6.26. The van der Waals surface area contributed by atoms with Crippen LogP contribution in [0.4, 0.5) is 0 Å². The third-order valence-corrected chi connectivity index (χ3v) is 8.75. The van der Waals surface area contributed by atoms with Crippen LogP contribution in [0.25, 0.3) is 0 Å². The first-order valence-electron chi connectivity index (χ1n) is 12.0. The van der Waals surface area contributed by atoms with Crippen LogP contribution in [-0.2, 0) is 29.6 Å². The number of nitrogens with zero attached hydrogens (tertiary/aromatic N) is 2. The molecule has 1 aliphatic heterocycles. The van der Waals surface area contributed by atoms with Crippen LogP contribution < -0.4 is 10.2 Å². The average molecular weight is 576 g/mol. The molecule has 1 aliphatic rings. The van der Waals surface area contributed by atoms with Crippen LogP contribution >= 0.6 is 15.9 Å². The lowest BCUT2D eigenvalue weighted by Gasteiger charge is -2.34. The molecule has 2 heterocycles. The first kappa shape index (κ1) is 26.6. The van der Waals surface area contributed by atoms with Gasteiger partial charge < -0.3 is 9.15 Å². The van der Waals surface area contributed by atoms with E-state index in [1.165, 1.54) is 16.6 Å². The molecule has 0 unspecified atom stereocenters. The Morgan fingerprint density at radius 2 is 1.69 bits per heavy atom. The minimum absolute atomic E-state index is 0.176. The van der Waals surface area contributed by atoms with Crippen LogP contribution in [0.15, 0.2) is 67.3 Å². The third-order valence-electron chi connectivity index (χ3n) is 6.26. The second kappa shape index (κ2) is 11.3. The van der Waals surface area contributed by atoms with Crippen molar-refractivity contribution in [3.05, 3.63) is 91.4 Å². The topological polar surface area (TPSA) is 80.1 Å². The van der Waals surface area contributed by atoms with Crippen molar-refractivity contribution in [1.29, 1.82) is 0 Å². The van der Waals surface area contributed by atoms with Gasteiger partial charge in [-0.2, -0.15) is 4.31 Å². The van der Waals surface area contributed by atoms with Crippen LogP contribution in [0.2, 0.25) is 0 Å². The van der Waals surface area contributed by atoms with Gasteiger partial charge in [0.1, 0.15) is 18.6 Å². The van der Waals surface area contributed by atoms with Gasteiger partial charge in [-0.15, -0.1) is 0 Å². The number of rotatable bonds is 8. The Morgan fingerprint density at radius 1 is 1.00 bits per heavy atom.